The first-order valence-corrected chi connectivity index (χ1v) is 11.2. The van der Waals surface area contributed by atoms with E-state index in [1.54, 1.807) is 0 Å². The molecule has 4 heterocycles. The number of nitroso groups, excluding NO2 is 1. The third-order valence-electron chi connectivity index (χ3n) is 4.59. The highest BCUT2D eigenvalue weighted by Crippen LogP contribution is 2.44. The molecule has 4 N–H and O–H groups in total. The van der Waals surface area contributed by atoms with Crippen molar-refractivity contribution < 1.29 is 19.5 Å². The minimum absolute atomic E-state index is 0.0614. The lowest BCUT2D eigenvalue weighted by Gasteiger charge is -2.50. The Morgan fingerprint density at radius 3 is 2.77 bits per heavy atom. The van der Waals surface area contributed by atoms with Crippen molar-refractivity contribution in [2.24, 2.45) is 5.18 Å². The molecule has 162 valence electrons. The number of allylic oxidation sites excluding steroid dienone is 1. The number of amides is 2. The Kier molecular flexibility index (Phi) is 5.87. The maximum absolute atomic E-state index is 12.7. The van der Waals surface area contributed by atoms with Gasteiger partial charge < -0.3 is 16.2 Å². The van der Waals surface area contributed by atoms with Gasteiger partial charge in [-0.15, -0.1) is 10.0 Å². The molecule has 4 rings (SSSR count). The monoisotopic (exact) mass is 502 g/mol. The van der Waals surface area contributed by atoms with Crippen molar-refractivity contribution in [1.29, 1.82) is 0 Å². The van der Waals surface area contributed by atoms with Crippen LogP contribution < -0.4 is 11.1 Å². The Morgan fingerprint density at radius 1 is 1.42 bits per heavy atom. The van der Waals surface area contributed by atoms with Gasteiger partial charge in [-0.25, -0.2) is 9.78 Å². The maximum Gasteiger partial charge on any atom is 0.353 e. The van der Waals surface area contributed by atoms with Crippen LogP contribution in [0.1, 0.15) is 24.7 Å². The Morgan fingerprint density at radius 2 is 2.19 bits per heavy atom. The number of thioether (sulfide) groups is 1. The molecule has 3 atom stereocenters. The molecule has 1 fully saturated rings. The second kappa shape index (κ2) is 8.45. The van der Waals surface area contributed by atoms with Gasteiger partial charge in [0.05, 0.1) is 6.04 Å². The second-order valence-electron chi connectivity index (χ2n) is 6.33. The van der Waals surface area contributed by atoms with Gasteiger partial charge in [-0.1, -0.05) is 27.9 Å². The number of fused-ring (bicyclic) bond motifs is 1. The van der Waals surface area contributed by atoms with Gasteiger partial charge >= 0.3 is 5.97 Å². The van der Waals surface area contributed by atoms with Crippen LogP contribution in [0.5, 0.6) is 0 Å². The zero-order valence-electron chi connectivity index (χ0n) is 15.1. The van der Waals surface area contributed by atoms with Crippen LogP contribution in [0.4, 0.5) is 5.13 Å². The van der Waals surface area contributed by atoms with E-state index in [2.05, 4.69) is 29.4 Å². The molecule has 13 nitrogen and oxygen atoms in total. The number of β-lactam (4-membered cyclic amide) rings is 1. The summed E-state index contributed by atoms with van der Waals surface area (Å²) in [5.74, 6) is -2.95. The molecular formula is C14H11ClN8O5S3. The second-order valence-corrected chi connectivity index (χ2v) is 9.55. The number of carboxylic acid groups (broad SMARTS) is 1. The van der Waals surface area contributed by atoms with Gasteiger partial charge in [0, 0.05) is 28.0 Å². The number of anilines is 1. The summed E-state index contributed by atoms with van der Waals surface area (Å²) in [7, 11) is 0. The number of nitrogens with one attached hydrogen (secondary N) is 1. The molecule has 2 aliphatic rings. The molecule has 0 saturated carbocycles. The van der Waals surface area contributed by atoms with E-state index in [-0.39, 0.29) is 16.7 Å². The molecular weight excluding hydrogens is 492 g/mol. The number of hydrogen-bond acceptors (Lipinski definition) is 13. The molecule has 1 saturated heterocycles. The molecule has 17 heteroatoms. The predicted octanol–water partition coefficient (Wildman–Crippen LogP) is 1.01. The van der Waals surface area contributed by atoms with Crippen LogP contribution in [0.2, 0.25) is 4.34 Å². The van der Waals surface area contributed by atoms with E-state index >= 15 is 0 Å². The van der Waals surface area contributed by atoms with Gasteiger partial charge in [0.25, 0.3) is 11.8 Å². The van der Waals surface area contributed by atoms with Gasteiger partial charge in [0.15, 0.2) is 16.0 Å². The average Bonchev–Trinajstić information content (AvgIpc) is 3.34. The molecule has 2 aromatic heterocycles. The molecule has 2 aliphatic heterocycles. The first-order valence-electron chi connectivity index (χ1n) is 8.49. The minimum Gasteiger partial charge on any atom is -0.477 e. The fourth-order valence-corrected chi connectivity index (χ4v) is 5.49. The van der Waals surface area contributed by atoms with E-state index in [9.17, 15) is 24.4 Å². The summed E-state index contributed by atoms with van der Waals surface area (Å²) in [6.07, 6.45) is 0.701. The molecule has 0 aliphatic carbocycles. The molecule has 31 heavy (non-hydrogen) atoms. The van der Waals surface area contributed by atoms with Gasteiger partial charge in [-0.05, 0) is 18.0 Å². The van der Waals surface area contributed by atoms with Crippen LogP contribution in [0, 0.1) is 4.91 Å². The number of halogens is 1. The summed E-state index contributed by atoms with van der Waals surface area (Å²) >= 11 is 8.79. The van der Waals surface area contributed by atoms with Gasteiger partial charge in [-0.3, -0.25) is 14.5 Å². The SMILES string of the molecule is Nc1nc(C(N=O)C(=O)NC2C(=O)N3C(C(=O)O)=C(Sc4nnsc4Cl)CCC23)ns1. The Bertz CT molecular complexity index is 1120. The van der Waals surface area contributed by atoms with Crippen molar-refractivity contribution in [3.05, 3.63) is 25.7 Å². The standard InChI is InChI=1S/C14H11ClN8O5S3/c15-8-11(19-22-30-8)29-4-2-1-3-5(12(25)23(3)7(4)13(26)27)17-10(24)6(20-28)9-18-14(16)31-21-9/h3,5-6H,1-2H2,(H,17,24)(H,26,27)(H2,16,18,21). The molecule has 0 aromatic carbocycles. The summed E-state index contributed by atoms with van der Waals surface area (Å²) in [6.45, 7) is 0. The maximum atomic E-state index is 12.7. The lowest BCUT2D eigenvalue weighted by atomic mass is 9.86. The first kappa shape index (κ1) is 21.5. The molecule has 0 spiro atoms. The van der Waals surface area contributed by atoms with Crippen LogP contribution in [-0.2, 0) is 14.4 Å². The zero-order valence-corrected chi connectivity index (χ0v) is 18.3. The van der Waals surface area contributed by atoms with Gasteiger partial charge in [-0.2, -0.15) is 4.37 Å². The van der Waals surface area contributed by atoms with E-state index in [1.165, 1.54) is 0 Å². The van der Waals surface area contributed by atoms with E-state index in [4.69, 9.17) is 17.3 Å². The summed E-state index contributed by atoms with van der Waals surface area (Å²) in [6, 6.07) is -3.16. The number of carboxylic acids is 1. The quantitative estimate of drug-likeness (QED) is 0.361. The molecule has 0 radical (unpaired) electrons. The van der Waals surface area contributed by atoms with Crippen LogP contribution in [0.3, 0.4) is 0 Å². The number of nitrogen functional groups attached to an aromatic ring is 1. The Balaban J connectivity index is 1.52. The number of carbonyl (C=O) groups is 3. The molecule has 2 aromatic rings. The third kappa shape index (κ3) is 3.86. The van der Waals surface area contributed by atoms with Crippen molar-refractivity contribution in [1.82, 2.24) is 29.2 Å². The van der Waals surface area contributed by atoms with E-state index in [0.717, 1.165) is 39.7 Å². The molecule has 3 unspecified atom stereocenters. The number of rotatable bonds is 7. The Hall–Kier alpha value is -2.69. The summed E-state index contributed by atoms with van der Waals surface area (Å²) in [5, 5.41) is 19.1. The highest BCUT2D eigenvalue weighted by Gasteiger charge is 2.54. The van der Waals surface area contributed by atoms with Crippen molar-refractivity contribution in [2.45, 2.75) is 36.0 Å². The first-order chi connectivity index (χ1) is 14.8. The zero-order chi connectivity index (χ0) is 22.3. The van der Waals surface area contributed by atoms with E-state index in [0.29, 0.717) is 27.1 Å². The van der Waals surface area contributed by atoms with Crippen molar-refractivity contribution >= 4 is 69.3 Å². The number of carbonyl (C=O) groups excluding carboxylic acids is 2. The smallest absolute Gasteiger partial charge is 0.353 e. The lowest BCUT2D eigenvalue weighted by Crippen LogP contribution is -2.71. The topological polar surface area (TPSA) is 194 Å². The lowest BCUT2D eigenvalue weighted by molar-refractivity contribution is -0.156. The van der Waals surface area contributed by atoms with Crippen LogP contribution in [0.15, 0.2) is 20.8 Å². The summed E-state index contributed by atoms with van der Waals surface area (Å²) in [4.78, 5) is 53.5. The van der Waals surface area contributed by atoms with Crippen LogP contribution in [-0.4, -0.2) is 58.8 Å². The average molecular weight is 503 g/mol. The summed E-state index contributed by atoms with van der Waals surface area (Å²) < 4.78 is 7.81. The van der Waals surface area contributed by atoms with Crippen molar-refractivity contribution in [3.8, 4) is 0 Å². The predicted molar refractivity (Wildman–Crippen MR) is 110 cm³/mol. The molecule has 2 amide bonds. The fraction of sp³-hybridized carbons (Fsp3) is 0.357. The van der Waals surface area contributed by atoms with E-state index in [1.807, 2.05) is 0 Å². The highest BCUT2D eigenvalue weighted by molar-refractivity contribution is 8.03. The summed E-state index contributed by atoms with van der Waals surface area (Å²) in [5.41, 5.74) is 5.27. The highest BCUT2D eigenvalue weighted by atomic mass is 35.5. The van der Waals surface area contributed by atoms with Crippen LogP contribution in [0.25, 0.3) is 0 Å². The number of aliphatic carboxylic acids is 1. The number of nitrogens with two attached hydrogens (primary N) is 1. The van der Waals surface area contributed by atoms with Crippen LogP contribution >= 0.6 is 46.4 Å². The number of aromatic nitrogens is 4. The van der Waals surface area contributed by atoms with Crippen molar-refractivity contribution in [2.75, 3.05) is 5.73 Å². The number of hydrogen-bond donors (Lipinski definition) is 3. The van der Waals surface area contributed by atoms with Gasteiger partial charge in [0.1, 0.15) is 16.1 Å². The largest absolute Gasteiger partial charge is 0.477 e. The third-order valence-corrected chi connectivity index (χ3v) is 7.41. The fourth-order valence-electron chi connectivity index (χ4n) is 3.28. The van der Waals surface area contributed by atoms with Crippen molar-refractivity contribution in [3.63, 3.8) is 0 Å². The van der Waals surface area contributed by atoms with Gasteiger partial charge in [0.2, 0.25) is 6.04 Å². The normalized spacial score (nSPS) is 21.3. The number of nitrogens with zero attached hydrogens (tertiary/aromatic N) is 6. The van der Waals surface area contributed by atoms with E-state index < -0.39 is 35.9 Å². The minimum atomic E-state index is -1.57. The molecule has 0 bridgehead atoms. The Labute approximate surface area is 190 Å².